The van der Waals surface area contributed by atoms with Crippen molar-refractivity contribution in [2.75, 3.05) is 13.2 Å². The Kier molecular flexibility index (Phi) is 2.18. The first-order valence-electron chi connectivity index (χ1n) is 6.57. The molecule has 0 unspecified atom stereocenters. The molecule has 4 heteroatoms. The Balaban J connectivity index is 2.03. The first-order valence-corrected chi connectivity index (χ1v) is 6.57. The van der Waals surface area contributed by atoms with E-state index in [-0.39, 0.29) is 0 Å². The Hall–Kier alpha value is -2.38. The normalized spacial score (nSPS) is 17.0. The van der Waals surface area contributed by atoms with Crippen molar-refractivity contribution >= 4 is 21.8 Å². The second-order valence-electron chi connectivity index (χ2n) is 5.37. The predicted molar refractivity (Wildman–Crippen MR) is 76.3 cm³/mol. The number of aryl methyl sites for hydroxylation is 1. The van der Waals surface area contributed by atoms with Crippen molar-refractivity contribution in [1.82, 2.24) is 9.55 Å². The van der Waals surface area contributed by atoms with Gasteiger partial charge in [0.05, 0.1) is 24.8 Å². The van der Waals surface area contributed by atoms with Gasteiger partial charge in [-0.25, -0.2) is 0 Å². The van der Waals surface area contributed by atoms with Gasteiger partial charge in [-0.1, -0.05) is 12.1 Å². The van der Waals surface area contributed by atoms with Gasteiger partial charge in [0.2, 0.25) is 0 Å². The molecule has 4 rings (SSSR count). The Morgan fingerprint density at radius 1 is 1.25 bits per heavy atom. The van der Waals surface area contributed by atoms with Crippen LogP contribution < -0.4 is 0 Å². The van der Waals surface area contributed by atoms with Crippen LogP contribution in [0.2, 0.25) is 0 Å². The summed E-state index contributed by atoms with van der Waals surface area (Å²) in [6.45, 7) is 0.973. The summed E-state index contributed by atoms with van der Waals surface area (Å²) in [5.74, 6) is 0. The maximum Gasteiger partial charge on any atom is 0.129 e. The van der Waals surface area contributed by atoms with Gasteiger partial charge in [0.15, 0.2) is 0 Å². The van der Waals surface area contributed by atoms with Gasteiger partial charge in [-0.05, 0) is 17.7 Å². The van der Waals surface area contributed by atoms with Gasteiger partial charge in [0.1, 0.15) is 5.41 Å². The molecule has 1 fully saturated rings. The summed E-state index contributed by atoms with van der Waals surface area (Å²) in [7, 11) is 2.05. The van der Waals surface area contributed by atoms with Gasteiger partial charge in [-0.15, -0.1) is 0 Å². The second-order valence-corrected chi connectivity index (χ2v) is 5.37. The molecule has 0 spiro atoms. The number of hydrogen-bond donors (Lipinski definition) is 0. The largest absolute Gasteiger partial charge is 0.377 e. The van der Waals surface area contributed by atoms with Gasteiger partial charge < -0.3 is 9.30 Å². The first kappa shape index (κ1) is 11.4. The zero-order valence-electron chi connectivity index (χ0n) is 11.1. The zero-order valence-corrected chi connectivity index (χ0v) is 11.1. The zero-order chi connectivity index (χ0) is 13.7. The van der Waals surface area contributed by atoms with E-state index in [1.807, 2.05) is 25.4 Å². The highest BCUT2D eigenvalue weighted by molar-refractivity contribution is 6.07. The molecule has 1 aliphatic rings. The third-order valence-electron chi connectivity index (χ3n) is 4.27. The third kappa shape index (κ3) is 1.30. The summed E-state index contributed by atoms with van der Waals surface area (Å²) >= 11 is 0. The summed E-state index contributed by atoms with van der Waals surface area (Å²) in [5.41, 5.74) is 2.86. The molecule has 4 nitrogen and oxygen atoms in total. The lowest BCUT2D eigenvalue weighted by Crippen LogP contribution is -2.45. The highest BCUT2D eigenvalue weighted by atomic mass is 16.5. The van der Waals surface area contributed by atoms with Crippen LogP contribution in [0.1, 0.15) is 5.56 Å². The van der Waals surface area contributed by atoms with Gasteiger partial charge in [-0.3, -0.25) is 4.98 Å². The van der Waals surface area contributed by atoms with Crippen LogP contribution in [-0.4, -0.2) is 22.8 Å². The van der Waals surface area contributed by atoms with Crippen molar-refractivity contribution in [1.29, 1.82) is 5.26 Å². The lowest BCUT2D eigenvalue weighted by molar-refractivity contribution is -0.0297. The molecule has 2 aromatic heterocycles. The van der Waals surface area contributed by atoms with Crippen LogP contribution in [0.5, 0.6) is 0 Å². The summed E-state index contributed by atoms with van der Waals surface area (Å²) in [6, 6.07) is 10.7. The molecule has 98 valence electrons. The maximum atomic E-state index is 9.42. The number of nitriles is 1. The molecule has 0 N–H and O–H groups in total. The minimum atomic E-state index is -0.469. The first-order chi connectivity index (χ1) is 9.75. The number of hydrogen-bond acceptors (Lipinski definition) is 3. The third-order valence-corrected chi connectivity index (χ3v) is 4.27. The van der Waals surface area contributed by atoms with E-state index in [1.54, 1.807) is 6.20 Å². The van der Waals surface area contributed by atoms with Gasteiger partial charge >= 0.3 is 0 Å². The number of aromatic nitrogens is 2. The number of pyridine rings is 1. The van der Waals surface area contributed by atoms with E-state index in [9.17, 15) is 5.26 Å². The SMILES string of the molecule is Cn1c2ccncc2c2ccc(C3(C#N)COC3)cc21. The molecule has 3 heterocycles. The molecule has 0 amide bonds. The Bertz CT molecular complexity index is 868. The predicted octanol–water partition coefficient (Wildman–Crippen LogP) is 2.52. The smallest absolute Gasteiger partial charge is 0.129 e. The van der Waals surface area contributed by atoms with Crippen molar-refractivity contribution in [3.8, 4) is 6.07 Å². The molecular weight excluding hydrogens is 250 g/mol. The van der Waals surface area contributed by atoms with Crippen LogP contribution in [0.15, 0.2) is 36.7 Å². The van der Waals surface area contributed by atoms with Crippen LogP contribution in [0.25, 0.3) is 21.8 Å². The number of nitrogens with zero attached hydrogens (tertiary/aromatic N) is 3. The number of ether oxygens (including phenoxy) is 1. The van der Waals surface area contributed by atoms with Crippen LogP contribution in [0.3, 0.4) is 0 Å². The van der Waals surface area contributed by atoms with E-state index in [4.69, 9.17) is 4.74 Å². The summed E-state index contributed by atoms with van der Waals surface area (Å²) in [6.07, 6.45) is 3.70. The van der Waals surface area contributed by atoms with Gasteiger partial charge in [-0.2, -0.15) is 5.26 Å². The Labute approximate surface area is 116 Å². The van der Waals surface area contributed by atoms with Crippen LogP contribution in [0, 0.1) is 11.3 Å². The Morgan fingerprint density at radius 3 is 2.80 bits per heavy atom. The highest BCUT2D eigenvalue weighted by Gasteiger charge is 2.41. The fraction of sp³-hybridized carbons (Fsp3) is 0.250. The standard InChI is InChI=1S/C16H13N3O/c1-19-14-4-5-18-7-13(14)12-3-2-11(6-15(12)19)16(8-17)9-20-10-16/h2-7H,9-10H2,1H3. The summed E-state index contributed by atoms with van der Waals surface area (Å²) in [5, 5.41) is 11.7. The number of benzene rings is 1. The second kappa shape index (κ2) is 3.81. The van der Waals surface area contributed by atoms with E-state index in [0.29, 0.717) is 13.2 Å². The highest BCUT2D eigenvalue weighted by Crippen LogP contribution is 2.35. The molecule has 0 radical (unpaired) electrons. The van der Waals surface area contributed by atoms with Crippen LogP contribution in [-0.2, 0) is 17.2 Å². The van der Waals surface area contributed by atoms with Gasteiger partial charge in [0.25, 0.3) is 0 Å². The lowest BCUT2D eigenvalue weighted by Gasteiger charge is -2.35. The van der Waals surface area contributed by atoms with Crippen LogP contribution in [0.4, 0.5) is 0 Å². The van der Waals surface area contributed by atoms with Gasteiger partial charge in [0, 0.05) is 35.7 Å². The summed E-state index contributed by atoms with van der Waals surface area (Å²) < 4.78 is 7.40. The summed E-state index contributed by atoms with van der Waals surface area (Å²) in [4.78, 5) is 4.21. The minimum Gasteiger partial charge on any atom is -0.377 e. The topological polar surface area (TPSA) is 50.8 Å². The maximum absolute atomic E-state index is 9.42. The van der Waals surface area contributed by atoms with E-state index in [1.165, 1.54) is 5.39 Å². The quantitative estimate of drug-likeness (QED) is 0.678. The molecule has 1 saturated heterocycles. The molecule has 3 aromatic rings. The molecule has 0 atom stereocenters. The monoisotopic (exact) mass is 263 g/mol. The fourth-order valence-corrected chi connectivity index (χ4v) is 2.95. The van der Waals surface area contributed by atoms with E-state index >= 15 is 0 Å². The number of rotatable bonds is 1. The van der Waals surface area contributed by atoms with E-state index in [2.05, 4.69) is 27.8 Å². The molecule has 0 bridgehead atoms. The number of fused-ring (bicyclic) bond motifs is 3. The molecule has 1 aromatic carbocycles. The minimum absolute atomic E-state index is 0.469. The lowest BCUT2D eigenvalue weighted by atomic mass is 9.80. The molecule has 20 heavy (non-hydrogen) atoms. The van der Waals surface area contributed by atoms with Crippen LogP contribution >= 0.6 is 0 Å². The van der Waals surface area contributed by atoms with Crippen molar-refractivity contribution in [2.45, 2.75) is 5.41 Å². The molecule has 1 aliphatic heterocycles. The van der Waals surface area contributed by atoms with Crippen molar-refractivity contribution in [3.05, 3.63) is 42.2 Å². The molecule has 0 aliphatic carbocycles. The average molecular weight is 263 g/mol. The van der Waals surface area contributed by atoms with Crippen molar-refractivity contribution in [3.63, 3.8) is 0 Å². The van der Waals surface area contributed by atoms with Crippen molar-refractivity contribution < 1.29 is 4.74 Å². The fourth-order valence-electron chi connectivity index (χ4n) is 2.95. The molecular formula is C16H13N3O. The molecule has 0 saturated carbocycles. The average Bonchev–Trinajstić information content (AvgIpc) is 2.73. The van der Waals surface area contributed by atoms with E-state index in [0.717, 1.165) is 22.0 Å². The Morgan fingerprint density at radius 2 is 2.10 bits per heavy atom. The van der Waals surface area contributed by atoms with Crippen molar-refractivity contribution in [2.24, 2.45) is 7.05 Å². The van der Waals surface area contributed by atoms with E-state index < -0.39 is 5.41 Å².